The molecule has 1 fully saturated rings. The monoisotopic (exact) mass is 354 g/mol. The first-order valence-corrected chi connectivity index (χ1v) is 8.90. The average Bonchev–Trinajstić information content (AvgIpc) is 3.03. The first-order valence-electron chi connectivity index (χ1n) is 8.90. The van der Waals surface area contributed by atoms with Crippen molar-refractivity contribution in [2.45, 2.75) is 39.3 Å². The molecule has 2 atom stereocenters. The van der Waals surface area contributed by atoms with Gasteiger partial charge in [0.15, 0.2) is 0 Å². The van der Waals surface area contributed by atoms with Crippen LogP contribution in [0.25, 0.3) is 0 Å². The third-order valence-corrected chi connectivity index (χ3v) is 4.40. The van der Waals surface area contributed by atoms with Crippen LogP contribution in [0, 0.1) is 11.3 Å². The number of rotatable bonds is 6. The number of carbonyl (C=O) groups excluding carboxylic acids is 2. The summed E-state index contributed by atoms with van der Waals surface area (Å²) in [4.78, 5) is 26.9. The second kappa shape index (κ2) is 9.16. The Labute approximate surface area is 154 Å². The van der Waals surface area contributed by atoms with Gasteiger partial charge in [0.2, 0.25) is 5.91 Å². The Bertz CT molecular complexity index is 714. The Morgan fingerprint density at radius 2 is 2.00 bits per heavy atom. The Morgan fingerprint density at radius 3 is 2.58 bits per heavy atom. The summed E-state index contributed by atoms with van der Waals surface area (Å²) in [7, 11) is 0. The fourth-order valence-electron chi connectivity index (χ4n) is 3.04. The van der Waals surface area contributed by atoms with Crippen LogP contribution in [0.5, 0.6) is 0 Å². The summed E-state index contributed by atoms with van der Waals surface area (Å²) < 4.78 is 0. The van der Waals surface area contributed by atoms with Crippen LogP contribution >= 0.6 is 0 Å². The first-order chi connectivity index (χ1) is 12.4. The topological polar surface area (TPSA) is 85.2 Å². The molecule has 0 spiro atoms. The predicted molar refractivity (Wildman–Crippen MR) is 101 cm³/mol. The fourth-order valence-corrected chi connectivity index (χ4v) is 3.04. The molecule has 0 radical (unpaired) electrons. The van der Waals surface area contributed by atoms with Gasteiger partial charge in [-0.25, -0.2) is 0 Å². The van der Waals surface area contributed by atoms with Crippen LogP contribution in [0.1, 0.15) is 43.1 Å². The van der Waals surface area contributed by atoms with E-state index in [0.29, 0.717) is 37.2 Å². The number of hydrogen-bond donors (Lipinski definition) is 2. The van der Waals surface area contributed by atoms with E-state index in [9.17, 15) is 9.59 Å². The van der Waals surface area contributed by atoms with E-state index in [2.05, 4.69) is 21.6 Å². The highest BCUT2D eigenvalue weighted by Crippen LogP contribution is 2.19. The molecule has 1 aliphatic rings. The Kier molecular flexibility index (Phi) is 6.93. The molecule has 1 heterocycles. The molecule has 1 aromatic carbocycles. The largest absolute Gasteiger partial charge is 0.355 e. The van der Waals surface area contributed by atoms with E-state index in [1.54, 1.807) is 24.3 Å². The number of likely N-dealkylation sites (tertiary alicyclic amines) is 1. The maximum Gasteiger partial charge on any atom is 0.251 e. The zero-order chi connectivity index (χ0) is 19.1. The van der Waals surface area contributed by atoms with Gasteiger partial charge in [-0.05, 0) is 51.5 Å². The zero-order valence-electron chi connectivity index (χ0n) is 15.6. The number of allylic oxidation sites excluding steroid dienone is 1. The summed E-state index contributed by atoms with van der Waals surface area (Å²) in [5, 5.41) is 14.7. The van der Waals surface area contributed by atoms with Crippen molar-refractivity contribution in [1.29, 1.82) is 5.26 Å². The van der Waals surface area contributed by atoms with Crippen molar-refractivity contribution in [3.63, 3.8) is 0 Å². The lowest BCUT2D eigenvalue weighted by atomic mass is 10.1. The summed E-state index contributed by atoms with van der Waals surface area (Å²) in [6.45, 7) is 7.87. The molecule has 1 aliphatic heterocycles. The standard InChI is InChI=1S/C20H26N4O2/c1-4-22-20(26)18-11-17(13-24(18)10-9-14(2)3)23-19(25)16-7-5-15(12-21)6-8-16/h5-9,17-18H,4,10-11,13H2,1-3H3,(H,22,26)(H,23,25)/t17-,18-/m0/s1. The molecule has 2 N–H and O–H groups in total. The van der Waals surface area contributed by atoms with E-state index < -0.39 is 0 Å². The smallest absolute Gasteiger partial charge is 0.251 e. The number of nitrogens with zero attached hydrogens (tertiary/aromatic N) is 2. The molecule has 2 amide bonds. The Hall–Kier alpha value is -2.65. The fraction of sp³-hybridized carbons (Fsp3) is 0.450. The number of nitriles is 1. The van der Waals surface area contributed by atoms with Crippen molar-refractivity contribution in [1.82, 2.24) is 15.5 Å². The lowest BCUT2D eigenvalue weighted by Crippen LogP contribution is -2.43. The third-order valence-electron chi connectivity index (χ3n) is 4.40. The highest BCUT2D eigenvalue weighted by molar-refractivity contribution is 5.94. The lowest BCUT2D eigenvalue weighted by molar-refractivity contribution is -0.125. The van der Waals surface area contributed by atoms with Crippen molar-refractivity contribution in [3.8, 4) is 6.07 Å². The first kappa shape index (κ1) is 19.7. The Morgan fingerprint density at radius 1 is 1.31 bits per heavy atom. The van der Waals surface area contributed by atoms with Gasteiger partial charge in [0.25, 0.3) is 5.91 Å². The van der Waals surface area contributed by atoms with Gasteiger partial charge in [0, 0.05) is 31.2 Å². The molecule has 2 rings (SSSR count). The summed E-state index contributed by atoms with van der Waals surface area (Å²) in [6.07, 6.45) is 2.68. The molecule has 26 heavy (non-hydrogen) atoms. The number of amides is 2. The number of nitrogens with one attached hydrogen (secondary N) is 2. The predicted octanol–water partition coefficient (Wildman–Crippen LogP) is 1.83. The summed E-state index contributed by atoms with van der Waals surface area (Å²) in [5.41, 5.74) is 2.23. The number of likely N-dealkylation sites (N-methyl/N-ethyl adjacent to an activating group) is 1. The van der Waals surface area contributed by atoms with Crippen LogP contribution in [0.2, 0.25) is 0 Å². The minimum Gasteiger partial charge on any atom is -0.355 e. The highest BCUT2D eigenvalue weighted by atomic mass is 16.2. The van der Waals surface area contributed by atoms with E-state index in [0.717, 1.165) is 0 Å². The van der Waals surface area contributed by atoms with Gasteiger partial charge in [0.1, 0.15) is 0 Å². The second-order valence-electron chi connectivity index (χ2n) is 6.74. The summed E-state index contributed by atoms with van der Waals surface area (Å²) in [5.74, 6) is -0.178. The molecule has 1 aromatic rings. The molecule has 6 nitrogen and oxygen atoms in total. The van der Waals surface area contributed by atoms with Crippen molar-refractivity contribution in [2.75, 3.05) is 19.6 Å². The molecular weight excluding hydrogens is 328 g/mol. The van der Waals surface area contributed by atoms with Crippen molar-refractivity contribution >= 4 is 11.8 Å². The van der Waals surface area contributed by atoms with Crippen LogP contribution in [-0.2, 0) is 4.79 Å². The second-order valence-corrected chi connectivity index (χ2v) is 6.74. The van der Waals surface area contributed by atoms with Gasteiger partial charge in [-0.15, -0.1) is 0 Å². The van der Waals surface area contributed by atoms with Gasteiger partial charge in [-0.1, -0.05) is 11.6 Å². The van der Waals surface area contributed by atoms with Crippen LogP contribution in [-0.4, -0.2) is 48.4 Å². The summed E-state index contributed by atoms with van der Waals surface area (Å²) in [6, 6.07) is 8.25. The normalized spacial score (nSPS) is 19.5. The van der Waals surface area contributed by atoms with Crippen molar-refractivity contribution < 1.29 is 9.59 Å². The molecule has 0 aliphatic carbocycles. The van der Waals surface area contributed by atoms with E-state index in [4.69, 9.17) is 5.26 Å². The summed E-state index contributed by atoms with van der Waals surface area (Å²) >= 11 is 0. The molecule has 138 valence electrons. The number of benzene rings is 1. The number of hydrogen-bond acceptors (Lipinski definition) is 4. The molecule has 1 saturated heterocycles. The quantitative estimate of drug-likeness (QED) is 0.763. The van der Waals surface area contributed by atoms with Crippen LogP contribution in [0.15, 0.2) is 35.9 Å². The van der Waals surface area contributed by atoms with Gasteiger partial charge in [-0.2, -0.15) is 5.26 Å². The number of carbonyl (C=O) groups is 2. The lowest BCUT2D eigenvalue weighted by Gasteiger charge is -2.21. The molecule has 0 saturated carbocycles. The maximum absolute atomic E-state index is 12.5. The third kappa shape index (κ3) is 5.17. The molecular formula is C20H26N4O2. The van der Waals surface area contributed by atoms with E-state index >= 15 is 0 Å². The molecule has 0 bridgehead atoms. The molecule has 0 unspecified atom stereocenters. The molecule has 6 heteroatoms. The maximum atomic E-state index is 12.5. The van der Waals surface area contributed by atoms with Crippen molar-refractivity contribution in [3.05, 3.63) is 47.0 Å². The highest BCUT2D eigenvalue weighted by Gasteiger charge is 2.36. The minimum absolute atomic E-state index is 0.00442. The Balaban J connectivity index is 2.04. The average molecular weight is 354 g/mol. The van der Waals surface area contributed by atoms with Gasteiger partial charge >= 0.3 is 0 Å². The van der Waals surface area contributed by atoms with E-state index in [1.165, 1.54) is 5.57 Å². The molecule has 0 aromatic heterocycles. The minimum atomic E-state index is -0.239. The van der Waals surface area contributed by atoms with E-state index in [1.807, 2.05) is 26.8 Å². The van der Waals surface area contributed by atoms with Crippen LogP contribution in [0.4, 0.5) is 0 Å². The van der Waals surface area contributed by atoms with Gasteiger partial charge in [-0.3, -0.25) is 14.5 Å². The van der Waals surface area contributed by atoms with E-state index in [-0.39, 0.29) is 23.9 Å². The SMILES string of the molecule is CCNC(=O)[C@@H]1C[C@H](NC(=O)c2ccc(C#N)cc2)CN1CC=C(C)C. The van der Waals surface area contributed by atoms with Gasteiger partial charge < -0.3 is 10.6 Å². The van der Waals surface area contributed by atoms with Crippen LogP contribution < -0.4 is 10.6 Å². The van der Waals surface area contributed by atoms with Crippen LogP contribution in [0.3, 0.4) is 0 Å². The van der Waals surface area contributed by atoms with Gasteiger partial charge in [0.05, 0.1) is 17.7 Å². The zero-order valence-corrected chi connectivity index (χ0v) is 15.6. The van der Waals surface area contributed by atoms with Crippen molar-refractivity contribution in [2.24, 2.45) is 0 Å².